The first-order valence-corrected chi connectivity index (χ1v) is 7.06. The fourth-order valence-corrected chi connectivity index (χ4v) is 1.90. The van der Waals surface area contributed by atoms with Crippen LogP contribution in [0.1, 0.15) is 24.0 Å². The third-order valence-corrected chi connectivity index (χ3v) is 3.05. The highest BCUT2D eigenvalue weighted by molar-refractivity contribution is 6.10. The second-order valence-corrected chi connectivity index (χ2v) is 4.65. The first kappa shape index (κ1) is 14.6. The van der Waals surface area contributed by atoms with Crippen LogP contribution in [0.4, 0.5) is 0 Å². The Bertz CT molecular complexity index is 772. The molecule has 3 aromatic rings. The summed E-state index contributed by atoms with van der Waals surface area (Å²) in [7, 11) is 0. The van der Waals surface area contributed by atoms with Crippen molar-refractivity contribution in [2.24, 2.45) is 10.2 Å². The van der Waals surface area contributed by atoms with Gasteiger partial charge in [0.2, 0.25) is 0 Å². The van der Waals surface area contributed by atoms with Crippen LogP contribution in [0.25, 0.3) is 0 Å². The minimum Gasteiger partial charge on any atom is -0.261 e. The monoisotopic (exact) mass is 302 g/mol. The topological polar surface area (TPSA) is 76.3 Å². The average Bonchev–Trinajstić information content (AvgIpc) is 2.64. The highest BCUT2D eigenvalue weighted by atomic mass is 15.2. The van der Waals surface area contributed by atoms with Crippen molar-refractivity contribution in [3.8, 4) is 0 Å². The van der Waals surface area contributed by atoms with Gasteiger partial charge in [-0.1, -0.05) is 12.1 Å². The molecule has 0 fully saturated rings. The van der Waals surface area contributed by atoms with Gasteiger partial charge in [0.15, 0.2) is 0 Å². The van der Waals surface area contributed by atoms with Crippen LogP contribution in [-0.4, -0.2) is 31.4 Å². The van der Waals surface area contributed by atoms with Crippen LogP contribution >= 0.6 is 0 Å². The summed E-state index contributed by atoms with van der Waals surface area (Å²) in [6.45, 7) is 1.84. The molecule has 112 valence electrons. The second-order valence-electron chi connectivity index (χ2n) is 4.65. The Kier molecular flexibility index (Phi) is 4.54. The molecule has 0 atom stereocenters. The Morgan fingerprint density at radius 2 is 1.39 bits per heavy atom. The fraction of sp³-hybridized carbons (Fsp3) is 0.0588. The average molecular weight is 302 g/mol. The molecule has 0 bridgehead atoms. The Balaban J connectivity index is 2.02. The van der Waals surface area contributed by atoms with Crippen molar-refractivity contribution in [3.05, 3.63) is 84.5 Å². The maximum absolute atomic E-state index is 4.35. The van der Waals surface area contributed by atoms with E-state index in [0.717, 1.165) is 0 Å². The molecule has 0 amide bonds. The van der Waals surface area contributed by atoms with E-state index in [1.807, 2.05) is 43.3 Å². The molecular formula is C17H14N6. The smallest absolute Gasteiger partial charge is 0.137 e. The van der Waals surface area contributed by atoms with Crippen molar-refractivity contribution in [2.75, 3.05) is 0 Å². The van der Waals surface area contributed by atoms with Crippen LogP contribution in [0, 0.1) is 0 Å². The summed E-state index contributed by atoms with van der Waals surface area (Å²) in [5, 5.41) is 8.62. The van der Waals surface area contributed by atoms with E-state index in [2.05, 4.69) is 30.1 Å². The van der Waals surface area contributed by atoms with Gasteiger partial charge in [-0.2, -0.15) is 5.10 Å². The molecule has 0 saturated heterocycles. The van der Waals surface area contributed by atoms with Gasteiger partial charge in [-0.3, -0.25) is 19.9 Å². The molecule has 3 heterocycles. The lowest BCUT2D eigenvalue weighted by Gasteiger charge is -2.03. The van der Waals surface area contributed by atoms with Gasteiger partial charge in [0.05, 0.1) is 23.3 Å². The van der Waals surface area contributed by atoms with E-state index in [1.54, 1.807) is 31.0 Å². The standard InChI is InChI=1S/C17H14N6/c1-13(16-12-18-10-11-21-16)22-23-17(14-6-2-4-8-19-14)15-7-3-5-9-20-15/h2-12H,1H3. The number of aromatic nitrogens is 4. The predicted molar refractivity (Wildman–Crippen MR) is 88.4 cm³/mol. The van der Waals surface area contributed by atoms with E-state index in [-0.39, 0.29) is 0 Å². The SMILES string of the molecule is CC(=NN=C(c1ccccn1)c1ccccn1)c1cnccn1. The fourth-order valence-electron chi connectivity index (χ4n) is 1.90. The highest BCUT2D eigenvalue weighted by Gasteiger charge is 2.09. The lowest BCUT2D eigenvalue weighted by atomic mass is 10.1. The van der Waals surface area contributed by atoms with E-state index in [9.17, 15) is 0 Å². The summed E-state index contributed by atoms with van der Waals surface area (Å²) in [6, 6.07) is 11.3. The Hall–Kier alpha value is -3.28. The Morgan fingerprint density at radius 3 is 1.91 bits per heavy atom. The van der Waals surface area contributed by atoms with Crippen LogP contribution in [0.5, 0.6) is 0 Å². The van der Waals surface area contributed by atoms with Crippen molar-refractivity contribution in [1.82, 2.24) is 19.9 Å². The van der Waals surface area contributed by atoms with Crippen molar-refractivity contribution < 1.29 is 0 Å². The summed E-state index contributed by atoms with van der Waals surface area (Å²) in [6.07, 6.45) is 8.32. The lowest BCUT2D eigenvalue weighted by molar-refractivity contribution is 1.14. The summed E-state index contributed by atoms with van der Waals surface area (Å²) in [5.41, 5.74) is 3.37. The Labute approximate surface area is 133 Å². The molecule has 0 spiro atoms. The van der Waals surface area contributed by atoms with E-state index in [1.165, 1.54) is 0 Å². The molecule has 0 aromatic carbocycles. The predicted octanol–water partition coefficient (Wildman–Crippen LogP) is 2.53. The Morgan fingerprint density at radius 1 is 0.739 bits per heavy atom. The zero-order valence-corrected chi connectivity index (χ0v) is 12.5. The van der Waals surface area contributed by atoms with Crippen molar-refractivity contribution >= 4 is 11.4 Å². The first-order valence-electron chi connectivity index (χ1n) is 7.06. The molecule has 3 aromatic heterocycles. The molecule has 6 heteroatoms. The van der Waals surface area contributed by atoms with Crippen LogP contribution < -0.4 is 0 Å². The van der Waals surface area contributed by atoms with Gasteiger partial charge in [-0.25, -0.2) is 0 Å². The molecule has 0 N–H and O–H groups in total. The van der Waals surface area contributed by atoms with Gasteiger partial charge in [0, 0.05) is 24.8 Å². The molecular weight excluding hydrogens is 288 g/mol. The number of rotatable bonds is 4. The maximum Gasteiger partial charge on any atom is 0.137 e. The van der Waals surface area contributed by atoms with Crippen LogP contribution in [-0.2, 0) is 0 Å². The molecule has 0 unspecified atom stereocenters. The number of hydrogen-bond donors (Lipinski definition) is 0. The molecule has 0 aliphatic carbocycles. The molecule has 0 radical (unpaired) electrons. The van der Waals surface area contributed by atoms with Crippen molar-refractivity contribution in [2.45, 2.75) is 6.92 Å². The molecule has 0 saturated carbocycles. The maximum atomic E-state index is 4.35. The third-order valence-electron chi connectivity index (χ3n) is 3.05. The summed E-state index contributed by atoms with van der Waals surface area (Å²) < 4.78 is 0. The molecule has 0 aliphatic heterocycles. The van der Waals surface area contributed by atoms with Crippen LogP contribution in [0.2, 0.25) is 0 Å². The number of hydrogen-bond acceptors (Lipinski definition) is 6. The highest BCUT2D eigenvalue weighted by Crippen LogP contribution is 2.07. The normalized spacial score (nSPS) is 11.1. The zero-order valence-electron chi connectivity index (χ0n) is 12.5. The zero-order chi connectivity index (χ0) is 15.9. The quantitative estimate of drug-likeness (QED) is 0.548. The molecule has 0 aliphatic rings. The van der Waals surface area contributed by atoms with Gasteiger partial charge in [0.1, 0.15) is 11.4 Å². The van der Waals surface area contributed by atoms with E-state index in [0.29, 0.717) is 28.5 Å². The summed E-state index contributed by atoms with van der Waals surface area (Å²) >= 11 is 0. The van der Waals surface area contributed by atoms with Gasteiger partial charge >= 0.3 is 0 Å². The third kappa shape index (κ3) is 3.68. The van der Waals surface area contributed by atoms with Gasteiger partial charge in [-0.05, 0) is 31.2 Å². The summed E-state index contributed by atoms with van der Waals surface area (Å²) in [5.74, 6) is 0. The van der Waals surface area contributed by atoms with Gasteiger partial charge in [0.25, 0.3) is 0 Å². The van der Waals surface area contributed by atoms with Crippen molar-refractivity contribution in [3.63, 3.8) is 0 Å². The van der Waals surface area contributed by atoms with Crippen LogP contribution in [0.15, 0.2) is 77.6 Å². The largest absolute Gasteiger partial charge is 0.261 e. The lowest BCUT2D eigenvalue weighted by Crippen LogP contribution is -2.08. The minimum absolute atomic E-state index is 0.606. The number of pyridine rings is 2. The second kappa shape index (κ2) is 7.13. The van der Waals surface area contributed by atoms with Gasteiger partial charge < -0.3 is 0 Å². The molecule has 3 rings (SSSR count). The molecule has 23 heavy (non-hydrogen) atoms. The molecule has 6 nitrogen and oxygen atoms in total. The number of nitrogens with zero attached hydrogens (tertiary/aromatic N) is 6. The van der Waals surface area contributed by atoms with Gasteiger partial charge in [-0.15, -0.1) is 5.10 Å². The van der Waals surface area contributed by atoms with Crippen molar-refractivity contribution in [1.29, 1.82) is 0 Å². The van der Waals surface area contributed by atoms with E-state index < -0.39 is 0 Å². The van der Waals surface area contributed by atoms with E-state index >= 15 is 0 Å². The van der Waals surface area contributed by atoms with Crippen LogP contribution in [0.3, 0.4) is 0 Å². The van der Waals surface area contributed by atoms with E-state index in [4.69, 9.17) is 0 Å². The summed E-state index contributed by atoms with van der Waals surface area (Å²) in [4.78, 5) is 16.9. The minimum atomic E-state index is 0.606. The first-order chi connectivity index (χ1) is 11.3.